The summed E-state index contributed by atoms with van der Waals surface area (Å²) in [5.74, 6) is -3.76. The third-order valence-electron chi connectivity index (χ3n) is 5.04. The lowest BCUT2D eigenvalue weighted by molar-refractivity contribution is -0.134. The smallest absolute Gasteiger partial charge is 0.319 e. The van der Waals surface area contributed by atoms with E-state index in [9.17, 15) is 26.4 Å². The molecular formula is C22H23NO7S2. The van der Waals surface area contributed by atoms with E-state index in [0.29, 0.717) is 0 Å². The number of hydrogen-bond donors (Lipinski definition) is 2. The topological polar surface area (TPSA) is 135 Å². The average molecular weight is 478 g/mol. The number of allylic oxidation sites excluding steroid dienone is 1. The predicted octanol–water partition coefficient (Wildman–Crippen LogP) is 2.58. The summed E-state index contributed by atoms with van der Waals surface area (Å²) in [6.07, 6.45) is 0.962. The maximum atomic E-state index is 13.0. The van der Waals surface area contributed by atoms with Crippen LogP contribution in [0.2, 0.25) is 0 Å². The summed E-state index contributed by atoms with van der Waals surface area (Å²) >= 11 is 0. The van der Waals surface area contributed by atoms with E-state index in [4.69, 9.17) is 5.11 Å². The van der Waals surface area contributed by atoms with Crippen LogP contribution in [-0.2, 0) is 30.1 Å². The maximum absolute atomic E-state index is 13.0. The van der Waals surface area contributed by atoms with Gasteiger partial charge < -0.3 is 5.11 Å². The molecule has 32 heavy (non-hydrogen) atoms. The first-order valence-corrected chi connectivity index (χ1v) is 12.8. The second kappa shape index (κ2) is 8.27. The molecule has 0 bridgehead atoms. The number of fused-ring (bicyclic) bond motifs is 1. The molecule has 3 rings (SSSR count). The Morgan fingerprint density at radius 2 is 1.59 bits per heavy atom. The highest BCUT2D eigenvalue weighted by Gasteiger charge is 2.36. The van der Waals surface area contributed by atoms with E-state index < -0.39 is 48.3 Å². The second-order valence-electron chi connectivity index (χ2n) is 8.47. The van der Waals surface area contributed by atoms with Gasteiger partial charge in [-0.2, -0.15) is 4.72 Å². The third kappa shape index (κ3) is 4.82. The first-order chi connectivity index (χ1) is 14.7. The Morgan fingerprint density at radius 3 is 2.16 bits per heavy atom. The minimum Gasteiger partial charge on any atom is -0.480 e. The number of sulfonamides is 1. The standard InChI is InChI=1S/C22H23NO7S2/c1-22(2,3)14-8-10-15(11-9-14)32(29,30)23-18-12-19(31(27,28)13-20(24)25)21(26)17-7-5-4-6-16(17)18/h4-12,18,23H,13H2,1-3H3,(H,24,25). The van der Waals surface area contributed by atoms with Crippen molar-refractivity contribution in [2.24, 2.45) is 0 Å². The fraction of sp³-hybridized carbons (Fsp3) is 0.273. The number of carbonyl (C=O) groups is 2. The predicted molar refractivity (Wildman–Crippen MR) is 118 cm³/mol. The molecule has 1 atom stereocenters. The van der Waals surface area contributed by atoms with E-state index in [1.54, 1.807) is 18.2 Å². The van der Waals surface area contributed by atoms with E-state index in [2.05, 4.69) is 4.72 Å². The van der Waals surface area contributed by atoms with E-state index in [-0.39, 0.29) is 21.4 Å². The molecule has 0 radical (unpaired) electrons. The van der Waals surface area contributed by atoms with Gasteiger partial charge in [0.2, 0.25) is 15.8 Å². The lowest BCUT2D eigenvalue weighted by Gasteiger charge is -2.24. The van der Waals surface area contributed by atoms with E-state index in [1.165, 1.54) is 30.3 Å². The van der Waals surface area contributed by atoms with Crippen LogP contribution >= 0.6 is 0 Å². The molecule has 0 aliphatic heterocycles. The molecule has 10 heteroatoms. The highest BCUT2D eigenvalue weighted by molar-refractivity contribution is 7.96. The zero-order chi connectivity index (χ0) is 23.9. The van der Waals surface area contributed by atoms with Crippen molar-refractivity contribution in [1.82, 2.24) is 4.72 Å². The molecular weight excluding hydrogens is 454 g/mol. The summed E-state index contributed by atoms with van der Waals surface area (Å²) in [6, 6.07) is 11.1. The monoisotopic (exact) mass is 477 g/mol. The molecule has 2 N–H and O–H groups in total. The fourth-order valence-electron chi connectivity index (χ4n) is 3.38. The van der Waals surface area contributed by atoms with Crippen molar-refractivity contribution >= 4 is 31.6 Å². The van der Waals surface area contributed by atoms with Gasteiger partial charge in [0, 0.05) is 5.56 Å². The van der Waals surface area contributed by atoms with Gasteiger partial charge in [-0.15, -0.1) is 0 Å². The van der Waals surface area contributed by atoms with Crippen molar-refractivity contribution in [1.29, 1.82) is 0 Å². The van der Waals surface area contributed by atoms with Gasteiger partial charge in [0.25, 0.3) is 0 Å². The summed E-state index contributed by atoms with van der Waals surface area (Å²) in [4.78, 5) is 22.9. The highest BCUT2D eigenvalue weighted by atomic mass is 32.2. The van der Waals surface area contributed by atoms with Crippen molar-refractivity contribution in [2.45, 2.75) is 37.1 Å². The highest BCUT2D eigenvalue weighted by Crippen LogP contribution is 2.32. The quantitative estimate of drug-likeness (QED) is 0.653. The summed E-state index contributed by atoms with van der Waals surface area (Å²) in [6.45, 7) is 5.98. The Hall–Kier alpha value is -2.82. The molecule has 8 nitrogen and oxygen atoms in total. The number of rotatable bonds is 6. The molecule has 0 spiro atoms. The summed E-state index contributed by atoms with van der Waals surface area (Å²) < 4.78 is 53.4. The Labute approximate surface area is 186 Å². The minimum atomic E-state index is -4.47. The number of carboxylic acid groups (broad SMARTS) is 1. The number of nitrogens with one attached hydrogen (secondary N) is 1. The molecule has 0 fully saturated rings. The van der Waals surface area contributed by atoms with Crippen LogP contribution in [0.15, 0.2) is 64.4 Å². The first-order valence-electron chi connectivity index (χ1n) is 9.65. The van der Waals surface area contributed by atoms with Gasteiger partial charge in [-0.3, -0.25) is 9.59 Å². The van der Waals surface area contributed by atoms with Crippen LogP contribution in [0.5, 0.6) is 0 Å². The van der Waals surface area contributed by atoms with Crippen LogP contribution < -0.4 is 4.72 Å². The zero-order valence-electron chi connectivity index (χ0n) is 17.7. The Kier molecular flexibility index (Phi) is 6.16. The molecule has 0 amide bonds. The molecule has 1 unspecified atom stereocenters. The number of sulfone groups is 1. The van der Waals surface area contributed by atoms with E-state index in [1.807, 2.05) is 20.8 Å². The summed E-state index contributed by atoms with van der Waals surface area (Å²) in [5.41, 5.74) is 1.04. The van der Waals surface area contributed by atoms with E-state index >= 15 is 0 Å². The molecule has 2 aromatic rings. The summed E-state index contributed by atoms with van der Waals surface area (Å²) in [7, 11) is -8.56. The van der Waals surface area contributed by atoms with Crippen LogP contribution in [0, 0.1) is 0 Å². The number of carbonyl (C=O) groups excluding carboxylic acids is 1. The van der Waals surface area contributed by atoms with Gasteiger partial charge in [0.15, 0.2) is 15.6 Å². The Morgan fingerprint density at radius 1 is 1.00 bits per heavy atom. The SMILES string of the molecule is CC(C)(C)c1ccc(S(=O)(=O)NC2C=C(S(=O)(=O)CC(=O)O)C(=O)c3ccccc32)cc1. The van der Waals surface area contributed by atoms with Crippen molar-refractivity contribution in [3.63, 3.8) is 0 Å². The number of carboxylic acids is 1. The van der Waals surface area contributed by atoms with E-state index in [0.717, 1.165) is 11.6 Å². The average Bonchev–Trinajstić information content (AvgIpc) is 2.68. The number of aliphatic carboxylic acids is 1. The van der Waals surface area contributed by atoms with Crippen LogP contribution in [0.4, 0.5) is 0 Å². The van der Waals surface area contributed by atoms with Gasteiger partial charge in [-0.25, -0.2) is 16.8 Å². The number of hydrogen-bond acceptors (Lipinski definition) is 6. The summed E-state index contributed by atoms with van der Waals surface area (Å²) in [5, 5.41) is 8.91. The van der Waals surface area contributed by atoms with Crippen molar-refractivity contribution in [3.8, 4) is 0 Å². The Balaban J connectivity index is 2.04. The molecule has 1 aliphatic rings. The van der Waals surface area contributed by atoms with Crippen molar-refractivity contribution < 1.29 is 31.5 Å². The largest absolute Gasteiger partial charge is 0.480 e. The first kappa shape index (κ1) is 23.8. The normalized spacial score (nSPS) is 16.9. The fourth-order valence-corrected chi connectivity index (χ4v) is 5.75. The molecule has 2 aromatic carbocycles. The minimum absolute atomic E-state index is 0.00487. The molecule has 1 aliphatic carbocycles. The molecule has 0 heterocycles. The van der Waals surface area contributed by atoms with Gasteiger partial charge in [0.05, 0.1) is 10.9 Å². The lowest BCUT2D eigenvalue weighted by Crippen LogP contribution is -2.33. The molecule has 170 valence electrons. The van der Waals surface area contributed by atoms with Crippen LogP contribution in [0.1, 0.15) is 48.3 Å². The number of benzene rings is 2. The number of Topliss-reactive ketones (excluding diaryl/α,β-unsaturated/α-hetero) is 1. The lowest BCUT2D eigenvalue weighted by atomic mass is 9.87. The van der Waals surface area contributed by atoms with Gasteiger partial charge in [0.1, 0.15) is 4.91 Å². The van der Waals surface area contributed by atoms with Gasteiger partial charge in [-0.1, -0.05) is 57.2 Å². The zero-order valence-corrected chi connectivity index (χ0v) is 19.3. The molecule has 0 saturated heterocycles. The second-order valence-corrected chi connectivity index (χ2v) is 12.1. The van der Waals surface area contributed by atoms with Crippen LogP contribution in [0.25, 0.3) is 0 Å². The Bertz CT molecular complexity index is 1320. The van der Waals surface area contributed by atoms with Crippen molar-refractivity contribution in [3.05, 3.63) is 76.2 Å². The van der Waals surface area contributed by atoms with Gasteiger partial charge in [-0.05, 0) is 34.8 Å². The van der Waals surface area contributed by atoms with Crippen LogP contribution in [-0.4, -0.2) is 39.4 Å². The van der Waals surface area contributed by atoms with Crippen LogP contribution in [0.3, 0.4) is 0 Å². The van der Waals surface area contributed by atoms with Crippen molar-refractivity contribution in [2.75, 3.05) is 5.75 Å². The third-order valence-corrected chi connectivity index (χ3v) is 8.12. The molecule has 0 saturated carbocycles. The maximum Gasteiger partial charge on any atom is 0.319 e. The van der Waals surface area contributed by atoms with Gasteiger partial charge >= 0.3 is 5.97 Å². The molecule has 0 aromatic heterocycles. The number of ketones is 1.